The fourth-order valence-corrected chi connectivity index (χ4v) is 3.10. The molecule has 0 aliphatic carbocycles. The second kappa shape index (κ2) is 5.08. The van der Waals surface area contributed by atoms with Crippen LogP contribution in [0.1, 0.15) is 17.4 Å². The Bertz CT molecular complexity index is 686. The molecule has 0 atom stereocenters. The standard InChI is InChI=1S/C13H11N3O2S/c1-2-8-12(15)11(7-14)19-13(8)9-5-3-4-6-10(9)16(17)18/h3-6H,2,15H2,1H3. The van der Waals surface area contributed by atoms with Crippen molar-refractivity contribution in [2.45, 2.75) is 13.3 Å². The van der Waals surface area contributed by atoms with Crippen molar-refractivity contribution >= 4 is 22.7 Å². The molecular weight excluding hydrogens is 262 g/mol. The minimum absolute atomic E-state index is 0.0305. The maximum absolute atomic E-state index is 11.1. The highest BCUT2D eigenvalue weighted by atomic mass is 32.1. The van der Waals surface area contributed by atoms with Crippen LogP contribution in [0.25, 0.3) is 10.4 Å². The maximum atomic E-state index is 11.1. The third-order valence-corrected chi connectivity index (χ3v) is 4.03. The Kier molecular flexibility index (Phi) is 3.49. The van der Waals surface area contributed by atoms with Gasteiger partial charge in [-0.25, -0.2) is 0 Å². The summed E-state index contributed by atoms with van der Waals surface area (Å²) in [6.45, 7) is 1.91. The molecule has 1 heterocycles. The summed E-state index contributed by atoms with van der Waals surface area (Å²) in [5.74, 6) is 0. The Morgan fingerprint density at radius 2 is 2.16 bits per heavy atom. The summed E-state index contributed by atoms with van der Waals surface area (Å²) < 4.78 is 0. The molecule has 2 rings (SSSR count). The minimum Gasteiger partial charge on any atom is -0.397 e. The van der Waals surface area contributed by atoms with E-state index in [-0.39, 0.29) is 5.69 Å². The average Bonchev–Trinajstić information content (AvgIpc) is 2.74. The number of nitrogens with zero attached hydrogens (tertiary/aromatic N) is 2. The Hall–Kier alpha value is -2.39. The zero-order valence-corrected chi connectivity index (χ0v) is 11.0. The predicted octanol–water partition coefficient (Wildman–Crippen LogP) is 3.34. The van der Waals surface area contributed by atoms with E-state index in [0.29, 0.717) is 27.4 Å². The van der Waals surface area contributed by atoms with Gasteiger partial charge in [0.15, 0.2) is 0 Å². The Balaban J connectivity index is 2.73. The van der Waals surface area contributed by atoms with E-state index in [1.807, 2.05) is 13.0 Å². The van der Waals surface area contributed by atoms with E-state index < -0.39 is 4.92 Å². The summed E-state index contributed by atoms with van der Waals surface area (Å²) in [6.07, 6.45) is 0.630. The number of nitrogens with two attached hydrogens (primary N) is 1. The molecular formula is C13H11N3O2S. The first-order valence-corrected chi connectivity index (χ1v) is 6.46. The maximum Gasteiger partial charge on any atom is 0.278 e. The number of benzene rings is 1. The van der Waals surface area contributed by atoms with E-state index in [1.165, 1.54) is 17.4 Å². The normalized spacial score (nSPS) is 10.1. The van der Waals surface area contributed by atoms with Gasteiger partial charge in [0.05, 0.1) is 16.2 Å². The van der Waals surface area contributed by atoms with Gasteiger partial charge in [0.1, 0.15) is 10.9 Å². The zero-order valence-electron chi connectivity index (χ0n) is 10.2. The smallest absolute Gasteiger partial charge is 0.278 e. The zero-order chi connectivity index (χ0) is 14.0. The summed E-state index contributed by atoms with van der Waals surface area (Å²) in [7, 11) is 0. The molecule has 96 valence electrons. The molecule has 0 fully saturated rings. The van der Waals surface area contributed by atoms with Gasteiger partial charge in [0.25, 0.3) is 5.69 Å². The quantitative estimate of drug-likeness (QED) is 0.685. The van der Waals surface area contributed by atoms with Crippen molar-refractivity contribution in [3.8, 4) is 16.5 Å². The van der Waals surface area contributed by atoms with Gasteiger partial charge in [-0.15, -0.1) is 11.3 Å². The van der Waals surface area contributed by atoms with Crippen LogP contribution in [-0.4, -0.2) is 4.92 Å². The van der Waals surface area contributed by atoms with Gasteiger partial charge in [-0.1, -0.05) is 19.1 Å². The molecule has 0 spiro atoms. The largest absolute Gasteiger partial charge is 0.397 e. The lowest BCUT2D eigenvalue weighted by Crippen LogP contribution is -1.94. The van der Waals surface area contributed by atoms with Crippen LogP contribution < -0.4 is 5.73 Å². The average molecular weight is 273 g/mol. The lowest BCUT2D eigenvalue weighted by molar-refractivity contribution is -0.384. The highest BCUT2D eigenvalue weighted by Crippen LogP contribution is 2.42. The van der Waals surface area contributed by atoms with Gasteiger partial charge < -0.3 is 5.73 Å². The molecule has 0 amide bonds. The molecule has 6 heteroatoms. The van der Waals surface area contributed by atoms with Crippen molar-refractivity contribution in [1.29, 1.82) is 5.26 Å². The van der Waals surface area contributed by atoms with Gasteiger partial charge in [0, 0.05) is 10.9 Å². The van der Waals surface area contributed by atoms with Crippen LogP contribution in [-0.2, 0) is 6.42 Å². The van der Waals surface area contributed by atoms with Gasteiger partial charge in [-0.05, 0) is 18.1 Å². The molecule has 19 heavy (non-hydrogen) atoms. The third kappa shape index (κ3) is 2.16. The Labute approximate surface area is 114 Å². The van der Waals surface area contributed by atoms with Crippen LogP contribution in [0.5, 0.6) is 0 Å². The first-order valence-electron chi connectivity index (χ1n) is 5.65. The van der Waals surface area contributed by atoms with Gasteiger partial charge in [-0.2, -0.15) is 5.26 Å². The summed E-state index contributed by atoms with van der Waals surface area (Å²) in [6, 6.07) is 8.53. The van der Waals surface area contributed by atoms with Crippen LogP contribution in [0, 0.1) is 21.4 Å². The predicted molar refractivity (Wildman–Crippen MR) is 74.9 cm³/mol. The molecule has 5 nitrogen and oxygen atoms in total. The highest BCUT2D eigenvalue weighted by Gasteiger charge is 2.22. The summed E-state index contributed by atoms with van der Waals surface area (Å²) in [5.41, 5.74) is 7.69. The van der Waals surface area contributed by atoms with Crippen molar-refractivity contribution in [2.24, 2.45) is 0 Å². The molecule has 2 N–H and O–H groups in total. The van der Waals surface area contributed by atoms with Crippen LogP contribution >= 0.6 is 11.3 Å². The number of rotatable bonds is 3. The fraction of sp³-hybridized carbons (Fsp3) is 0.154. The molecule has 0 saturated heterocycles. The summed E-state index contributed by atoms with van der Waals surface area (Å²) in [4.78, 5) is 11.8. The van der Waals surface area contributed by atoms with Gasteiger partial charge in [0.2, 0.25) is 0 Å². The van der Waals surface area contributed by atoms with Crippen molar-refractivity contribution < 1.29 is 4.92 Å². The number of nitrogen functional groups attached to an aromatic ring is 1. The number of hydrogen-bond donors (Lipinski definition) is 1. The first kappa shape index (κ1) is 13.1. The van der Waals surface area contributed by atoms with Crippen molar-refractivity contribution in [3.63, 3.8) is 0 Å². The second-order valence-corrected chi connectivity index (χ2v) is 4.91. The number of nitriles is 1. The number of nitro groups is 1. The Morgan fingerprint density at radius 3 is 2.74 bits per heavy atom. The number of para-hydroxylation sites is 1. The number of nitro benzene ring substituents is 1. The molecule has 0 aliphatic heterocycles. The highest BCUT2D eigenvalue weighted by molar-refractivity contribution is 7.16. The lowest BCUT2D eigenvalue weighted by atomic mass is 10.0. The van der Waals surface area contributed by atoms with Crippen LogP contribution in [0.15, 0.2) is 24.3 Å². The van der Waals surface area contributed by atoms with E-state index >= 15 is 0 Å². The summed E-state index contributed by atoms with van der Waals surface area (Å²) >= 11 is 1.20. The molecule has 0 radical (unpaired) electrons. The monoisotopic (exact) mass is 273 g/mol. The molecule has 1 aromatic heterocycles. The van der Waals surface area contributed by atoms with E-state index in [4.69, 9.17) is 11.0 Å². The molecule has 0 aliphatic rings. The first-order chi connectivity index (χ1) is 9.10. The number of hydrogen-bond acceptors (Lipinski definition) is 5. The molecule has 2 aromatic rings. The van der Waals surface area contributed by atoms with Gasteiger partial charge in [-0.3, -0.25) is 10.1 Å². The molecule has 0 unspecified atom stereocenters. The topological polar surface area (TPSA) is 93.0 Å². The van der Waals surface area contributed by atoms with Crippen molar-refractivity contribution in [3.05, 3.63) is 44.8 Å². The van der Waals surface area contributed by atoms with Crippen molar-refractivity contribution in [1.82, 2.24) is 0 Å². The lowest BCUT2D eigenvalue weighted by Gasteiger charge is -2.03. The van der Waals surface area contributed by atoms with E-state index in [1.54, 1.807) is 18.2 Å². The Morgan fingerprint density at radius 1 is 1.47 bits per heavy atom. The molecule has 0 saturated carbocycles. The number of thiophene rings is 1. The molecule has 0 bridgehead atoms. The van der Waals surface area contributed by atoms with Crippen LogP contribution in [0.3, 0.4) is 0 Å². The fourth-order valence-electron chi connectivity index (χ4n) is 1.95. The summed E-state index contributed by atoms with van der Waals surface area (Å²) in [5, 5.41) is 20.1. The van der Waals surface area contributed by atoms with Crippen molar-refractivity contribution in [2.75, 3.05) is 5.73 Å². The van der Waals surface area contributed by atoms with E-state index in [9.17, 15) is 10.1 Å². The minimum atomic E-state index is -0.420. The SMILES string of the molecule is CCc1c(-c2ccccc2[N+](=O)[O-])sc(C#N)c1N. The van der Waals surface area contributed by atoms with Crippen LogP contribution in [0.2, 0.25) is 0 Å². The van der Waals surface area contributed by atoms with Gasteiger partial charge >= 0.3 is 0 Å². The van der Waals surface area contributed by atoms with E-state index in [0.717, 1.165) is 5.56 Å². The van der Waals surface area contributed by atoms with E-state index in [2.05, 4.69) is 0 Å². The number of anilines is 1. The second-order valence-electron chi connectivity index (χ2n) is 3.89. The molecule has 1 aromatic carbocycles. The third-order valence-electron chi connectivity index (χ3n) is 2.85. The van der Waals surface area contributed by atoms with Crippen LogP contribution in [0.4, 0.5) is 11.4 Å².